The van der Waals surface area contributed by atoms with Crippen molar-refractivity contribution in [2.45, 2.75) is 43.0 Å². The molecule has 3 unspecified atom stereocenters. The molecule has 4 fully saturated rings. The number of alkyl halides is 1. The molecule has 4 aliphatic rings. The smallest absolute Gasteiger partial charge is 0.0605 e. The Morgan fingerprint density at radius 3 is 2.17 bits per heavy atom. The van der Waals surface area contributed by atoms with E-state index in [2.05, 4.69) is 0 Å². The zero-order valence-electron chi connectivity index (χ0n) is 7.30. The molecular weight excluding hydrogens is 170 g/mol. The van der Waals surface area contributed by atoms with Gasteiger partial charge in [0.15, 0.2) is 0 Å². The molecule has 0 spiro atoms. The molecule has 0 heterocycles. The molecule has 4 rings (SSSR count). The molecule has 0 radical (unpaired) electrons. The number of halogens is 1. The van der Waals surface area contributed by atoms with Crippen molar-refractivity contribution in [2.75, 3.05) is 0 Å². The maximum absolute atomic E-state index is 6.56. The SMILES string of the molecule is NC1C2C[C@@H]3C[C@H](C2)CC1(Cl)C3. The van der Waals surface area contributed by atoms with Crippen molar-refractivity contribution in [3.8, 4) is 0 Å². The maximum atomic E-state index is 6.56. The third-order valence-electron chi connectivity index (χ3n) is 4.30. The van der Waals surface area contributed by atoms with Gasteiger partial charge in [-0.2, -0.15) is 0 Å². The fourth-order valence-electron chi connectivity index (χ4n) is 3.98. The second kappa shape index (κ2) is 2.19. The van der Waals surface area contributed by atoms with E-state index in [1.54, 1.807) is 0 Å². The van der Waals surface area contributed by atoms with Crippen molar-refractivity contribution >= 4 is 11.6 Å². The highest BCUT2D eigenvalue weighted by Crippen LogP contribution is 2.57. The largest absolute Gasteiger partial charge is 0.326 e. The van der Waals surface area contributed by atoms with E-state index in [9.17, 15) is 0 Å². The molecule has 1 nitrogen and oxygen atoms in total. The fraction of sp³-hybridized carbons (Fsp3) is 1.00. The normalized spacial score (nSPS) is 62.5. The minimum atomic E-state index is 0.00868. The van der Waals surface area contributed by atoms with E-state index in [1.807, 2.05) is 0 Å². The van der Waals surface area contributed by atoms with Crippen LogP contribution in [0.4, 0.5) is 0 Å². The van der Waals surface area contributed by atoms with Crippen LogP contribution in [-0.2, 0) is 0 Å². The molecule has 0 aromatic heterocycles. The summed E-state index contributed by atoms with van der Waals surface area (Å²) >= 11 is 6.56. The van der Waals surface area contributed by atoms with Crippen LogP contribution in [0.3, 0.4) is 0 Å². The highest BCUT2D eigenvalue weighted by Gasteiger charge is 2.54. The highest BCUT2D eigenvalue weighted by atomic mass is 35.5. The van der Waals surface area contributed by atoms with Crippen molar-refractivity contribution in [3.63, 3.8) is 0 Å². The van der Waals surface area contributed by atoms with Gasteiger partial charge in [-0.25, -0.2) is 0 Å². The van der Waals surface area contributed by atoms with Gasteiger partial charge in [-0.1, -0.05) is 0 Å². The molecule has 12 heavy (non-hydrogen) atoms. The lowest BCUT2D eigenvalue weighted by molar-refractivity contribution is 0.0158. The van der Waals surface area contributed by atoms with Crippen molar-refractivity contribution in [2.24, 2.45) is 23.5 Å². The van der Waals surface area contributed by atoms with Crippen LogP contribution in [-0.4, -0.2) is 10.9 Å². The van der Waals surface area contributed by atoms with E-state index in [0.717, 1.165) is 17.8 Å². The molecule has 4 bridgehead atoms. The van der Waals surface area contributed by atoms with Gasteiger partial charge in [0.05, 0.1) is 4.87 Å². The lowest BCUT2D eigenvalue weighted by Gasteiger charge is -2.57. The molecule has 4 aliphatic carbocycles. The van der Waals surface area contributed by atoms with E-state index >= 15 is 0 Å². The van der Waals surface area contributed by atoms with Crippen LogP contribution in [0.2, 0.25) is 0 Å². The second-order valence-electron chi connectivity index (χ2n) is 5.17. The Morgan fingerprint density at radius 1 is 1.08 bits per heavy atom. The van der Waals surface area contributed by atoms with Crippen molar-refractivity contribution in [3.05, 3.63) is 0 Å². The van der Waals surface area contributed by atoms with Crippen molar-refractivity contribution in [1.29, 1.82) is 0 Å². The topological polar surface area (TPSA) is 26.0 Å². The summed E-state index contributed by atoms with van der Waals surface area (Å²) in [5, 5.41) is 0. The zero-order valence-corrected chi connectivity index (χ0v) is 8.06. The number of hydrogen-bond acceptors (Lipinski definition) is 1. The van der Waals surface area contributed by atoms with E-state index in [0.29, 0.717) is 6.04 Å². The lowest BCUT2D eigenvalue weighted by Crippen LogP contribution is -2.61. The van der Waals surface area contributed by atoms with Crippen LogP contribution in [0.25, 0.3) is 0 Å². The first-order chi connectivity index (χ1) is 5.67. The van der Waals surface area contributed by atoms with Crippen LogP contribution < -0.4 is 5.73 Å². The Balaban J connectivity index is 1.97. The first-order valence-electron chi connectivity index (χ1n) is 5.12. The van der Waals surface area contributed by atoms with Gasteiger partial charge in [-0.15, -0.1) is 11.6 Å². The van der Waals surface area contributed by atoms with Crippen molar-refractivity contribution < 1.29 is 0 Å². The van der Waals surface area contributed by atoms with E-state index in [-0.39, 0.29) is 4.87 Å². The Kier molecular flexibility index (Phi) is 1.39. The van der Waals surface area contributed by atoms with Crippen molar-refractivity contribution in [1.82, 2.24) is 0 Å². The Labute approximate surface area is 78.6 Å². The van der Waals surface area contributed by atoms with Crippen LogP contribution in [0, 0.1) is 17.8 Å². The molecule has 2 N–H and O–H groups in total. The predicted molar refractivity (Wildman–Crippen MR) is 50.1 cm³/mol. The third kappa shape index (κ3) is 0.843. The summed E-state index contributed by atoms with van der Waals surface area (Å²) in [6.07, 6.45) is 6.57. The van der Waals surface area contributed by atoms with Gasteiger partial charge in [0, 0.05) is 6.04 Å². The molecule has 68 valence electrons. The maximum Gasteiger partial charge on any atom is 0.0605 e. The first-order valence-corrected chi connectivity index (χ1v) is 5.50. The number of rotatable bonds is 0. The summed E-state index contributed by atoms with van der Waals surface area (Å²) < 4.78 is 0. The van der Waals surface area contributed by atoms with Crippen LogP contribution >= 0.6 is 11.6 Å². The van der Waals surface area contributed by atoms with Gasteiger partial charge in [0.2, 0.25) is 0 Å². The van der Waals surface area contributed by atoms with Gasteiger partial charge in [-0.05, 0) is 49.9 Å². The summed E-state index contributed by atoms with van der Waals surface area (Å²) in [5.74, 6) is 2.59. The van der Waals surface area contributed by atoms with E-state index in [1.165, 1.54) is 32.1 Å². The second-order valence-corrected chi connectivity index (χ2v) is 5.92. The predicted octanol–water partition coefficient (Wildman–Crippen LogP) is 2.13. The van der Waals surface area contributed by atoms with Gasteiger partial charge in [0.1, 0.15) is 0 Å². The standard InChI is InChI=1S/C10H16ClN/c11-10-4-6-1-7(5-10)3-8(2-6)9(10)12/h6-9H,1-5,12H2/t6-,7+,8?,9?,10?. The summed E-state index contributed by atoms with van der Waals surface area (Å²) in [4.78, 5) is 0.00868. The Morgan fingerprint density at radius 2 is 1.67 bits per heavy atom. The minimum Gasteiger partial charge on any atom is -0.326 e. The van der Waals surface area contributed by atoms with E-state index in [4.69, 9.17) is 17.3 Å². The number of nitrogens with two attached hydrogens (primary N) is 1. The molecule has 0 aliphatic heterocycles. The van der Waals surface area contributed by atoms with Crippen LogP contribution in [0.15, 0.2) is 0 Å². The van der Waals surface area contributed by atoms with Gasteiger partial charge in [0.25, 0.3) is 0 Å². The van der Waals surface area contributed by atoms with Gasteiger partial charge < -0.3 is 5.73 Å². The van der Waals surface area contributed by atoms with Crippen LogP contribution in [0.1, 0.15) is 32.1 Å². The van der Waals surface area contributed by atoms with Gasteiger partial charge in [-0.3, -0.25) is 0 Å². The summed E-state index contributed by atoms with van der Waals surface area (Å²) in [6, 6.07) is 0.298. The average Bonchev–Trinajstić information content (AvgIpc) is 1.98. The van der Waals surface area contributed by atoms with E-state index < -0.39 is 0 Å². The van der Waals surface area contributed by atoms with Gasteiger partial charge >= 0.3 is 0 Å². The number of hydrogen-bond donors (Lipinski definition) is 1. The quantitative estimate of drug-likeness (QED) is 0.575. The Hall–Kier alpha value is 0.250. The van der Waals surface area contributed by atoms with Crippen LogP contribution in [0.5, 0.6) is 0 Å². The molecule has 0 amide bonds. The minimum absolute atomic E-state index is 0.00868. The zero-order chi connectivity index (χ0) is 8.34. The molecule has 2 heteroatoms. The Bertz CT molecular complexity index is 202. The third-order valence-corrected chi connectivity index (χ3v) is 4.86. The fourth-order valence-corrected chi connectivity index (χ4v) is 4.60. The monoisotopic (exact) mass is 185 g/mol. The summed E-state index contributed by atoms with van der Waals surface area (Å²) in [6.45, 7) is 0. The molecule has 0 aromatic carbocycles. The lowest BCUT2D eigenvalue weighted by atomic mass is 9.54. The molecule has 0 saturated heterocycles. The molecular formula is C10H16ClN. The summed E-state index contributed by atoms with van der Waals surface area (Å²) in [5.41, 5.74) is 6.17. The first kappa shape index (κ1) is 7.64. The highest BCUT2D eigenvalue weighted by molar-refractivity contribution is 6.24. The molecule has 5 atom stereocenters. The average molecular weight is 186 g/mol. The molecule has 0 aromatic rings. The summed E-state index contributed by atoms with van der Waals surface area (Å²) in [7, 11) is 0. The molecule has 4 saturated carbocycles.